The quantitative estimate of drug-likeness (QED) is 0.267. The first kappa shape index (κ1) is 26.6. The summed E-state index contributed by atoms with van der Waals surface area (Å²) in [6.45, 7) is 4.73. The van der Waals surface area contributed by atoms with Crippen LogP contribution in [0.25, 0.3) is 0 Å². The molecule has 0 radical (unpaired) electrons. The van der Waals surface area contributed by atoms with E-state index >= 15 is 0 Å². The molecule has 0 unspecified atom stereocenters. The van der Waals surface area contributed by atoms with Gasteiger partial charge in [0.05, 0.1) is 13.1 Å². The first-order chi connectivity index (χ1) is 15.3. The number of anilines is 1. The Bertz CT molecular complexity index is 938. The number of piperazine rings is 1. The summed E-state index contributed by atoms with van der Waals surface area (Å²) in [6.07, 6.45) is -4.75. The van der Waals surface area contributed by atoms with Crippen molar-refractivity contribution in [3.8, 4) is 5.75 Å². The number of nitrogens with one attached hydrogen (secondary N) is 3. The largest absolute Gasteiger partial charge is 0.573 e. The highest BCUT2D eigenvalue weighted by molar-refractivity contribution is 14.0. The van der Waals surface area contributed by atoms with Gasteiger partial charge in [0.15, 0.2) is 5.96 Å². The molecule has 0 atom stereocenters. The lowest BCUT2D eigenvalue weighted by Crippen LogP contribution is -2.47. The molecule has 3 rings (SSSR count). The maximum Gasteiger partial charge on any atom is 0.573 e. The molecule has 0 aliphatic carbocycles. The molecule has 0 spiro atoms. The third kappa shape index (κ3) is 8.63. The Morgan fingerprint density at radius 1 is 1.15 bits per heavy atom. The summed E-state index contributed by atoms with van der Waals surface area (Å²) in [5.41, 5.74) is 2.30. The van der Waals surface area contributed by atoms with Gasteiger partial charge in [-0.3, -0.25) is 4.79 Å². The lowest BCUT2D eigenvalue weighted by molar-refractivity contribution is -0.274. The minimum atomic E-state index is -4.75. The number of benzene rings is 2. The molecule has 3 N–H and O–H groups in total. The monoisotopic (exact) mass is 577 g/mol. The smallest absolute Gasteiger partial charge is 0.405 e. The number of amides is 1. The molecule has 1 heterocycles. The topological polar surface area (TPSA) is 78.0 Å². The van der Waals surface area contributed by atoms with Gasteiger partial charge in [-0.05, 0) is 30.7 Å². The van der Waals surface area contributed by atoms with Gasteiger partial charge in [-0.25, -0.2) is 4.99 Å². The fourth-order valence-electron chi connectivity index (χ4n) is 3.24. The van der Waals surface area contributed by atoms with Crippen LogP contribution < -0.4 is 25.6 Å². The number of halogens is 4. The minimum Gasteiger partial charge on any atom is -0.405 e. The van der Waals surface area contributed by atoms with Crippen molar-refractivity contribution >= 4 is 41.5 Å². The van der Waals surface area contributed by atoms with Gasteiger partial charge >= 0.3 is 6.36 Å². The van der Waals surface area contributed by atoms with Crippen molar-refractivity contribution in [2.45, 2.75) is 26.4 Å². The SMILES string of the molecule is CCNC(=NCc1ccc(N2CCNC(=O)C2)cc1)NCc1ccccc1OC(F)(F)F.I. The van der Waals surface area contributed by atoms with E-state index in [1.165, 1.54) is 12.1 Å². The highest BCUT2D eigenvalue weighted by Crippen LogP contribution is 2.26. The third-order valence-corrected chi connectivity index (χ3v) is 4.75. The number of hydrogen-bond acceptors (Lipinski definition) is 4. The highest BCUT2D eigenvalue weighted by atomic mass is 127. The van der Waals surface area contributed by atoms with Gasteiger partial charge in [-0.15, -0.1) is 37.1 Å². The molecule has 2 aromatic carbocycles. The number of para-hydroxylation sites is 1. The average molecular weight is 577 g/mol. The van der Waals surface area contributed by atoms with Crippen LogP contribution >= 0.6 is 24.0 Å². The van der Waals surface area contributed by atoms with Crippen LogP contribution in [0.2, 0.25) is 0 Å². The fraction of sp³-hybridized carbons (Fsp3) is 0.364. The summed E-state index contributed by atoms with van der Waals surface area (Å²) in [4.78, 5) is 18.1. The molecule has 1 aliphatic rings. The Balaban J connectivity index is 0.00000385. The Morgan fingerprint density at radius 2 is 1.88 bits per heavy atom. The Kier molecular flexibility index (Phi) is 10.1. The molecule has 1 saturated heterocycles. The highest BCUT2D eigenvalue weighted by Gasteiger charge is 2.31. The van der Waals surface area contributed by atoms with Crippen molar-refractivity contribution in [3.63, 3.8) is 0 Å². The summed E-state index contributed by atoms with van der Waals surface area (Å²) < 4.78 is 41.9. The minimum absolute atomic E-state index is 0. The van der Waals surface area contributed by atoms with Gasteiger partial charge in [-0.1, -0.05) is 30.3 Å². The van der Waals surface area contributed by atoms with E-state index in [0.717, 1.165) is 17.8 Å². The van der Waals surface area contributed by atoms with Gasteiger partial charge in [0.2, 0.25) is 5.91 Å². The number of nitrogens with zero attached hydrogens (tertiary/aromatic N) is 2. The zero-order valence-corrected chi connectivity index (χ0v) is 20.4. The van der Waals surface area contributed by atoms with Crippen LogP contribution in [-0.2, 0) is 17.9 Å². The number of carbonyl (C=O) groups excluding carboxylic acids is 1. The van der Waals surface area contributed by atoms with Crippen LogP contribution in [0.5, 0.6) is 5.75 Å². The van der Waals surface area contributed by atoms with E-state index in [4.69, 9.17) is 0 Å². The molecular formula is C22H27F3IN5O2. The predicted molar refractivity (Wildman–Crippen MR) is 132 cm³/mol. The second kappa shape index (κ2) is 12.5. The van der Waals surface area contributed by atoms with E-state index < -0.39 is 6.36 Å². The average Bonchev–Trinajstić information content (AvgIpc) is 2.76. The molecule has 2 aromatic rings. The first-order valence-corrected chi connectivity index (χ1v) is 10.3. The van der Waals surface area contributed by atoms with Gasteiger partial charge in [-0.2, -0.15) is 0 Å². The number of alkyl halides is 3. The Hall–Kier alpha value is -2.70. The number of aliphatic imine (C=N–C) groups is 1. The molecule has 11 heteroatoms. The van der Waals surface area contributed by atoms with Crippen LogP contribution in [0.3, 0.4) is 0 Å². The number of hydrogen-bond donors (Lipinski definition) is 3. The first-order valence-electron chi connectivity index (χ1n) is 10.3. The van der Waals surface area contributed by atoms with Gasteiger partial charge in [0.25, 0.3) is 0 Å². The predicted octanol–water partition coefficient (Wildman–Crippen LogP) is 3.39. The van der Waals surface area contributed by atoms with Crippen molar-refractivity contribution < 1.29 is 22.7 Å². The van der Waals surface area contributed by atoms with Crippen LogP contribution in [-0.4, -0.2) is 44.4 Å². The van der Waals surface area contributed by atoms with Crippen molar-refractivity contribution in [2.24, 2.45) is 4.99 Å². The molecule has 1 fully saturated rings. The molecule has 0 saturated carbocycles. The van der Waals surface area contributed by atoms with Crippen LogP contribution in [0, 0.1) is 0 Å². The maximum absolute atomic E-state index is 12.6. The zero-order valence-electron chi connectivity index (χ0n) is 18.1. The second-order valence-corrected chi connectivity index (χ2v) is 7.14. The Morgan fingerprint density at radius 3 is 2.55 bits per heavy atom. The van der Waals surface area contributed by atoms with Crippen LogP contribution in [0.1, 0.15) is 18.1 Å². The molecule has 180 valence electrons. The zero-order chi connectivity index (χ0) is 23.0. The Labute approximate surface area is 207 Å². The lowest BCUT2D eigenvalue weighted by Gasteiger charge is -2.28. The number of ether oxygens (including phenoxy) is 1. The summed E-state index contributed by atoms with van der Waals surface area (Å²) >= 11 is 0. The summed E-state index contributed by atoms with van der Waals surface area (Å²) in [5.74, 6) is 0.241. The lowest BCUT2D eigenvalue weighted by atomic mass is 10.2. The van der Waals surface area contributed by atoms with E-state index in [1.54, 1.807) is 12.1 Å². The molecule has 1 aliphatic heterocycles. The van der Waals surface area contributed by atoms with Crippen molar-refractivity contribution in [1.82, 2.24) is 16.0 Å². The normalized spacial score (nSPS) is 14.2. The maximum atomic E-state index is 12.6. The summed E-state index contributed by atoms with van der Waals surface area (Å²) in [6, 6.07) is 13.8. The summed E-state index contributed by atoms with van der Waals surface area (Å²) in [5, 5.41) is 8.92. The van der Waals surface area contributed by atoms with Crippen LogP contribution in [0.4, 0.5) is 18.9 Å². The van der Waals surface area contributed by atoms with Crippen molar-refractivity contribution in [2.75, 3.05) is 31.1 Å². The molecule has 0 aromatic heterocycles. The van der Waals surface area contributed by atoms with Crippen LogP contribution in [0.15, 0.2) is 53.5 Å². The number of guanidine groups is 1. The molecule has 0 bridgehead atoms. The van der Waals surface area contributed by atoms with E-state index in [0.29, 0.717) is 37.7 Å². The molecule has 7 nitrogen and oxygen atoms in total. The third-order valence-electron chi connectivity index (χ3n) is 4.75. The van der Waals surface area contributed by atoms with E-state index in [2.05, 4.69) is 25.7 Å². The fourth-order valence-corrected chi connectivity index (χ4v) is 3.24. The van der Waals surface area contributed by atoms with Crippen molar-refractivity contribution in [1.29, 1.82) is 0 Å². The van der Waals surface area contributed by atoms with Gasteiger partial charge < -0.3 is 25.6 Å². The van der Waals surface area contributed by atoms with E-state index in [1.807, 2.05) is 36.1 Å². The molecule has 33 heavy (non-hydrogen) atoms. The summed E-state index contributed by atoms with van der Waals surface area (Å²) in [7, 11) is 0. The molecular weight excluding hydrogens is 550 g/mol. The second-order valence-electron chi connectivity index (χ2n) is 7.14. The number of rotatable bonds is 7. The van der Waals surface area contributed by atoms with Gasteiger partial charge in [0, 0.05) is 37.4 Å². The van der Waals surface area contributed by atoms with Gasteiger partial charge in [0.1, 0.15) is 5.75 Å². The van der Waals surface area contributed by atoms with E-state index in [9.17, 15) is 18.0 Å². The number of carbonyl (C=O) groups is 1. The van der Waals surface area contributed by atoms with E-state index in [-0.39, 0.29) is 42.2 Å². The van der Waals surface area contributed by atoms with Crippen molar-refractivity contribution in [3.05, 3.63) is 59.7 Å². The standard InChI is InChI=1S/C22H26F3N5O2.HI/c1-2-26-21(29-14-17-5-3-4-6-19(17)32-22(23,24)25)28-13-16-7-9-18(10-8-16)30-12-11-27-20(31)15-30;/h3-10H,2,11-15H2,1H3,(H,27,31)(H2,26,28,29);1H. The molecule has 1 amide bonds.